The van der Waals surface area contributed by atoms with E-state index in [1.54, 1.807) is 12.1 Å². The van der Waals surface area contributed by atoms with Crippen LogP contribution in [0.1, 0.15) is 25.3 Å². The maximum atomic E-state index is 13.4. The normalized spacial score (nSPS) is 12.8. The van der Waals surface area contributed by atoms with Gasteiger partial charge in [-0.15, -0.1) is 11.6 Å². The van der Waals surface area contributed by atoms with Gasteiger partial charge in [0.05, 0.1) is 0 Å². The van der Waals surface area contributed by atoms with Crippen molar-refractivity contribution in [2.24, 2.45) is 0 Å². The second-order valence-corrected chi connectivity index (χ2v) is 4.66. The van der Waals surface area contributed by atoms with E-state index in [0.717, 1.165) is 12.8 Å². The topological polar surface area (TPSA) is 12.0 Å². The summed E-state index contributed by atoms with van der Waals surface area (Å²) in [5, 5.41) is 3.68. The van der Waals surface area contributed by atoms with Crippen LogP contribution in [0.4, 0.5) is 4.39 Å². The summed E-state index contributed by atoms with van der Waals surface area (Å²) in [6.45, 7) is 2.59. The number of alkyl halides is 1. The molecule has 0 saturated heterocycles. The highest BCUT2D eigenvalue weighted by Crippen LogP contribution is 2.14. The van der Waals surface area contributed by atoms with Crippen LogP contribution in [0.15, 0.2) is 18.2 Å². The molecule has 1 aromatic carbocycles. The average molecular weight is 264 g/mol. The first-order chi connectivity index (χ1) is 7.63. The lowest BCUT2D eigenvalue weighted by Crippen LogP contribution is -2.25. The summed E-state index contributed by atoms with van der Waals surface area (Å²) in [4.78, 5) is 0. The molecule has 0 aliphatic rings. The van der Waals surface area contributed by atoms with Gasteiger partial charge >= 0.3 is 0 Å². The second kappa shape index (κ2) is 7.10. The highest BCUT2D eigenvalue weighted by molar-refractivity contribution is 6.30. The van der Waals surface area contributed by atoms with Crippen LogP contribution in [0.3, 0.4) is 0 Å². The predicted molar refractivity (Wildman–Crippen MR) is 67.7 cm³/mol. The SMILES string of the molecule is CC(CCCCl)NCc1ccc(Cl)cc1F. The first-order valence-corrected chi connectivity index (χ1v) is 6.28. The first-order valence-electron chi connectivity index (χ1n) is 5.36. The van der Waals surface area contributed by atoms with Gasteiger partial charge in [-0.2, -0.15) is 0 Å². The van der Waals surface area contributed by atoms with Crippen molar-refractivity contribution < 1.29 is 4.39 Å². The van der Waals surface area contributed by atoms with E-state index in [9.17, 15) is 4.39 Å². The van der Waals surface area contributed by atoms with Crippen molar-refractivity contribution in [3.63, 3.8) is 0 Å². The van der Waals surface area contributed by atoms with E-state index in [4.69, 9.17) is 23.2 Å². The number of halogens is 3. The minimum absolute atomic E-state index is 0.260. The van der Waals surface area contributed by atoms with Gasteiger partial charge in [0.25, 0.3) is 0 Å². The van der Waals surface area contributed by atoms with Gasteiger partial charge in [-0.3, -0.25) is 0 Å². The van der Waals surface area contributed by atoms with E-state index in [1.165, 1.54) is 6.07 Å². The molecule has 1 atom stereocenters. The average Bonchev–Trinajstić information content (AvgIpc) is 2.25. The Morgan fingerprint density at radius 2 is 2.19 bits per heavy atom. The van der Waals surface area contributed by atoms with Gasteiger partial charge in [0, 0.05) is 29.1 Å². The number of nitrogens with one attached hydrogen (secondary N) is 1. The molecule has 0 aromatic heterocycles. The molecule has 1 nitrogen and oxygen atoms in total. The second-order valence-electron chi connectivity index (χ2n) is 3.85. The summed E-state index contributed by atoms with van der Waals surface area (Å²) >= 11 is 11.3. The molecule has 0 aliphatic heterocycles. The van der Waals surface area contributed by atoms with Crippen LogP contribution in [0.5, 0.6) is 0 Å². The van der Waals surface area contributed by atoms with Crippen LogP contribution in [-0.4, -0.2) is 11.9 Å². The first kappa shape index (κ1) is 13.8. The number of rotatable bonds is 6. The molecule has 0 fully saturated rings. The van der Waals surface area contributed by atoms with Crippen molar-refractivity contribution in [1.82, 2.24) is 5.32 Å². The van der Waals surface area contributed by atoms with E-state index < -0.39 is 0 Å². The third kappa shape index (κ3) is 4.69. The minimum Gasteiger partial charge on any atom is -0.310 e. The van der Waals surface area contributed by atoms with E-state index >= 15 is 0 Å². The monoisotopic (exact) mass is 263 g/mol. The molecule has 0 saturated carbocycles. The standard InChI is InChI=1S/C12H16Cl2FN/c1-9(3-2-6-13)16-8-10-4-5-11(14)7-12(10)15/h4-5,7,9,16H,2-3,6,8H2,1H3. The number of benzene rings is 1. The van der Waals surface area contributed by atoms with Gasteiger partial charge in [-0.25, -0.2) is 4.39 Å². The third-order valence-electron chi connectivity index (χ3n) is 2.43. The maximum absolute atomic E-state index is 13.4. The molecule has 4 heteroatoms. The third-order valence-corrected chi connectivity index (χ3v) is 2.93. The zero-order chi connectivity index (χ0) is 12.0. The Morgan fingerprint density at radius 1 is 1.44 bits per heavy atom. The Balaban J connectivity index is 2.42. The van der Waals surface area contributed by atoms with E-state index in [-0.39, 0.29) is 5.82 Å². The summed E-state index contributed by atoms with van der Waals surface area (Å²) in [5.74, 6) is 0.408. The molecule has 1 N–H and O–H groups in total. The molecule has 0 radical (unpaired) electrons. The lowest BCUT2D eigenvalue weighted by Gasteiger charge is -2.13. The molecule has 0 spiro atoms. The van der Waals surface area contributed by atoms with Gasteiger partial charge in [0.1, 0.15) is 5.82 Å². The summed E-state index contributed by atoms with van der Waals surface area (Å²) in [5.41, 5.74) is 0.641. The molecule has 16 heavy (non-hydrogen) atoms. The lowest BCUT2D eigenvalue weighted by atomic mass is 10.1. The Bertz CT molecular complexity index is 331. The fraction of sp³-hybridized carbons (Fsp3) is 0.500. The predicted octanol–water partition coefficient (Wildman–Crippen LogP) is 3.98. The van der Waals surface area contributed by atoms with E-state index in [2.05, 4.69) is 12.2 Å². The van der Waals surface area contributed by atoms with Crippen molar-refractivity contribution in [1.29, 1.82) is 0 Å². The Morgan fingerprint density at radius 3 is 2.81 bits per heavy atom. The fourth-order valence-electron chi connectivity index (χ4n) is 1.43. The molecule has 1 unspecified atom stereocenters. The van der Waals surface area contributed by atoms with Gasteiger partial charge in [-0.05, 0) is 31.9 Å². The van der Waals surface area contributed by atoms with Crippen LogP contribution < -0.4 is 5.32 Å². The van der Waals surface area contributed by atoms with Crippen LogP contribution in [0, 0.1) is 5.82 Å². The van der Waals surface area contributed by atoms with Crippen LogP contribution in [-0.2, 0) is 6.54 Å². The van der Waals surface area contributed by atoms with Crippen molar-refractivity contribution in [2.75, 3.05) is 5.88 Å². The lowest BCUT2D eigenvalue weighted by molar-refractivity contribution is 0.497. The Kier molecular flexibility index (Phi) is 6.10. The molecule has 1 rings (SSSR count). The van der Waals surface area contributed by atoms with E-state index in [0.29, 0.717) is 29.1 Å². The van der Waals surface area contributed by atoms with Crippen LogP contribution >= 0.6 is 23.2 Å². The largest absolute Gasteiger partial charge is 0.310 e. The molecule has 90 valence electrons. The molecule has 0 amide bonds. The summed E-state index contributed by atoms with van der Waals surface area (Å²) in [7, 11) is 0. The Hall–Kier alpha value is -0.310. The molecular weight excluding hydrogens is 248 g/mol. The summed E-state index contributed by atoms with van der Waals surface area (Å²) in [6, 6.07) is 5.08. The maximum Gasteiger partial charge on any atom is 0.129 e. The van der Waals surface area contributed by atoms with Gasteiger partial charge in [-0.1, -0.05) is 17.7 Å². The van der Waals surface area contributed by atoms with Crippen molar-refractivity contribution in [3.05, 3.63) is 34.6 Å². The van der Waals surface area contributed by atoms with Gasteiger partial charge < -0.3 is 5.32 Å². The smallest absolute Gasteiger partial charge is 0.129 e. The van der Waals surface area contributed by atoms with Crippen molar-refractivity contribution in [3.8, 4) is 0 Å². The summed E-state index contributed by atoms with van der Waals surface area (Å²) in [6.07, 6.45) is 1.97. The minimum atomic E-state index is -0.260. The molecule has 0 aliphatic carbocycles. The van der Waals surface area contributed by atoms with E-state index in [1.807, 2.05) is 0 Å². The van der Waals surface area contributed by atoms with Crippen LogP contribution in [0.25, 0.3) is 0 Å². The van der Waals surface area contributed by atoms with Gasteiger partial charge in [0.2, 0.25) is 0 Å². The Labute approximate surface area is 106 Å². The molecule has 1 aromatic rings. The zero-order valence-corrected chi connectivity index (χ0v) is 10.8. The quantitative estimate of drug-likeness (QED) is 0.766. The highest BCUT2D eigenvalue weighted by atomic mass is 35.5. The van der Waals surface area contributed by atoms with Crippen molar-refractivity contribution >= 4 is 23.2 Å². The number of hydrogen-bond donors (Lipinski definition) is 1. The molecule has 0 heterocycles. The number of hydrogen-bond acceptors (Lipinski definition) is 1. The molecular formula is C12H16Cl2FN. The molecule has 0 bridgehead atoms. The van der Waals surface area contributed by atoms with Gasteiger partial charge in [0.15, 0.2) is 0 Å². The zero-order valence-electron chi connectivity index (χ0n) is 9.27. The fourth-order valence-corrected chi connectivity index (χ4v) is 1.75. The summed E-state index contributed by atoms with van der Waals surface area (Å²) < 4.78 is 13.4. The van der Waals surface area contributed by atoms with Crippen LogP contribution in [0.2, 0.25) is 5.02 Å². The highest BCUT2D eigenvalue weighted by Gasteiger charge is 2.05. The van der Waals surface area contributed by atoms with Crippen molar-refractivity contribution in [2.45, 2.75) is 32.4 Å².